The fourth-order valence-electron chi connectivity index (χ4n) is 1.27. The van der Waals surface area contributed by atoms with Crippen molar-refractivity contribution in [1.82, 2.24) is 5.32 Å². The van der Waals surface area contributed by atoms with E-state index < -0.39 is 24.1 Å². The summed E-state index contributed by atoms with van der Waals surface area (Å²) in [5.41, 5.74) is 0.383. The van der Waals surface area contributed by atoms with Crippen LogP contribution in [0, 0.1) is 5.82 Å². The minimum Gasteiger partial charge on any atom is -0.481 e. The third-order valence-corrected chi connectivity index (χ3v) is 2.27. The zero-order valence-corrected chi connectivity index (χ0v) is 9.63. The van der Waals surface area contributed by atoms with Crippen molar-refractivity contribution in [3.8, 4) is 0 Å². The highest BCUT2D eigenvalue weighted by Gasteiger charge is 2.07. The highest BCUT2D eigenvalue weighted by molar-refractivity contribution is 6.30. The van der Waals surface area contributed by atoms with Gasteiger partial charge in [-0.1, -0.05) is 11.6 Å². The molecule has 6 heteroatoms. The van der Waals surface area contributed by atoms with E-state index >= 15 is 0 Å². The molecule has 4 nitrogen and oxygen atoms in total. The third-order valence-electron chi connectivity index (χ3n) is 2.04. The predicted octanol–water partition coefficient (Wildman–Crippen LogP) is 1.61. The number of hydrogen-bond donors (Lipinski definition) is 2. The van der Waals surface area contributed by atoms with Crippen molar-refractivity contribution in [2.45, 2.75) is 12.8 Å². The van der Waals surface area contributed by atoms with Crippen LogP contribution in [0.4, 0.5) is 4.39 Å². The van der Waals surface area contributed by atoms with Crippen LogP contribution in [0.3, 0.4) is 0 Å². The molecule has 0 saturated heterocycles. The van der Waals surface area contributed by atoms with Gasteiger partial charge in [0.15, 0.2) is 0 Å². The Morgan fingerprint density at radius 3 is 2.76 bits per heavy atom. The number of aliphatic carboxylic acids is 1. The number of carbonyl (C=O) groups is 2. The summed E-state index contributed by atoms with van der Waals surface area (Å²) < 4.78 is 13.2. The lowest BCUT2D eigenvalue weighted by molar-refractivity contribution is -0.140. The number of carboxylic acids is 1. The SMILES string of the molecule is O=C(O)CC(=O)NCCc1cc(Cl)ccc1F. The maximum atomic E-state index is 13.2. The van der Waals surface area contributed by atoms with Crippen molar-refractivity contribution >= 4 is 23.5 Å². The highest BCUT2D eigenvalue weighted by Crippen LogP contribution is 2.14. The number of halogens is 2. The molecule has 0 spiro atoms. The summed E-state index contributed by atoms with van der Waals surface area (Å²) >= 11 is 5.70. The summed E-state index contributed by atoms with van der Waals surface area (Å²) in [4.78, 5) is 21.2. The van der Waals surface area contributed by atoms with E-state index in [0.29, 0.717) is 10.6 Å². The molecule has 0 atom stereocenters. The summed E-state index contributed by atoms with van der Waals surface area (Å²) in [7, 11) is 0. The molecule has 0 unspecified atom stereocenters. The van der Waals surface area contributed by atoms with Gasteiger partial charge in [0, 0.05) is 11.6 Å². The third kappa shape index (κ3) is 4.82. The van der Waals surface area contributed by atoms with Crippen LogP contribution in [-0.2, 0) is 16.0 Å². The first-order valence-corrected chi connectivity index (χ1v) is 5.29. The smallest absolute Gasteiger partial charge is 0.312 e. The number of carbonyl (C=O) groups excluding carboxylic acids is 1. The number of amides is 1. The first kappa shape index (κ1) is 13.4. The summed E-state index contributed by atoms with van der Waals surface area (Å²) in [6.45, 7) is 0.170. The molecular weight excluding hydrogens is 249 g/mol. The van der Waals surface area contributed by atoms with Crippen LogP contribution in [0.2, 0.25) is 5.02 Å². The monoisotopic (exact) mass is 259 g/mol. The van der Waals surface area contributed by atoms with E-state index in [1.54, 1.807) is 0 Å². The summed E-state index contributed by atoms with van der Waals surface area (Å²) in [5, 5.41) is 11.1. The minimum atomic E-state index is -1.20. The Hall–Kier alpha value is -1.62. The van der Waals surface area contributed by atoms with Gasteiger partial charge < -0.3 is 10.4 Å². The quantitative estimate of drug-likeness (QED) is 0.790. The molecule has 0 bridgehead atoms. The Labute approximate surface area is 102 Å². The van der Waals surface area contributed by atoms with Gasteiger partial charge in [-0.2, -0.15) is 0 Å². The number of hydrogen-bond acceptors (Lipinski definition) is 2. The summed E-state index contributed by atoms with van der Waals surface area (Å²) in [6.07, 6.45) is -0.324. The molecule has 1 aromatic rings. The van der Waals surface area contributed by atoms with Crippen LogP contribution in [-0.4, -0.2) is 23.5 Å². The van der Waals surface area contributed by atoms with Crippen molar-refractivity contribution in [2.24, 2.45) is 0 Å². The second-order valence-electron chi connectivity index (χ2n) is 3.41. The normalized spacial score (nSPS) is 10.0. The Balaban J connectivity index is 2.43. The van der Waals surface area contributed by atoms with E-state index in [2.05, 4.69) is 5.32 Å². The number of benzene rings is 1. The van der Waals surface area contributed by atoms with Crippen molar-refractivity contribution in [3.63, 3.8) is 0 Å². The van der Waals surface area contributed by atoms with Crippen LogP contribution in [0.1, 0.15) is 12.0 Å². The van der Waals surface area contributed by atoms with Crippen LogP contribution in [0.25, 0.3) is 0 Å². The Bertz CT molecular complexity index is 437. The molecule has 0 aliphatic rings. The predicted molar refractivity (Wildman–Crippen MR) is 60.4 cm³/mol. The second-order valence-corrected chi connectivity index (χ2v) is 3.84. The van der Waals surface area contributed by atoms with Gasteiger partial charge in [0.25, 0.3) is 0 Å². The standard InChI is InChI=1S/C11H11ClFNO3/c12-8-1-2-9(13)7(5-8)3-4-14-10(15)6-11(16)17/h1-2,5H,3-4,6H2,(H,14,15)(H,16,17). The fourth-order valence-corrected chi connectivity index (χ4v) is 1.47. The van der Waals surface area contributed by atoms with E-state index in [0.717, 1.165) is 0 Å². The average Bonchev–Trinajstić information content (AvgIpc) is 2.22. The Kier molecular flexibility index (Phi) is 4.90. The molecule has 0 fully saturated rings. The lowest BCUT2D eigenvalue weighted by Crippen LogP contribution is -2.27. The van der Waals surface area contributed by atoms with Crippen molar-refractivity contribution in [1.29, 1.82) is 0 Å². The largest absolute Gasteiger partial charge is 0.481 e. The number of nitrogens with one attached hydrogen (secondary N) is 1. The second kappa shape index (κ2) is 6.20. The molecular formula is C11H11ClFNO3. The first-order chi connectivity index (χ1) is 7.99. The van der Waals surface area contributed by atoms with Gasteiger partial charge in [-0.25, -0.2) is 4.39 Å². The van der Waals surface area contributed by atoms with Crippen LogP contribution < -0.4 is 5.32 Å². The molecule has 0 saturated carbocycles. The maximum Gasteiger partial charge on any atom is 0.312 e. The molecule has 92 valence electrons. The average molecular weight is 260 g/mol. The summed E-state index contributed by atoms with van der Waals surface area (Å²) in [6, 6.07) is 4.15. The topological polar surface area (TPSA) is 66.4 Å². The van der Waals surface area contributed by atoms with Gasteiger partial charge in [0.2, 0.25) is 5.91 Å². The van der Waals surface area contributed by atoms with Crippen molar-refractivity contribution in [2.75, 3.05) is 6.54 Å². The van der Waals surface area contributed by atoms with E-state index in [9.17, 15) is 14.0 Å². The van der Waals surface area contributed by atoms with Crippen molar-refractivity contribution < 1.29 is 19.1 Å². The molecule has 17 heavy (non-hydrogen) atoms. The molecule has 0 aliphatic heterocycles. The lowest BCUT2D eigenvalue weighted by atomic mass is 10.1. The zero-order chi connectivity index (χ0) is 12.8. The summed E-state index contributed by atoms with van der Waals surface area (Å²) in [5.74, 6) is -2.20. The Morgan fingerprint density at radius 2 is 2.12 bits per heavy atom. The maximum absolute atomic E-state index is 13.2. The van der Waals surface area contributed by atoms with Crippen LogP contribution in [0.15, 0.2) is 18.2 Å². The van der Waals surface area contributed by atoms with E-state index in [4.69, 9.17) is 16.7 Å². The van der Waals surface area contributed by atoms with Crippen LogP contribution in [0.5, 0.6) is 0 Å². The van der Waals surface area contributed by atoms with E-state index in [-0.39, 0.29) is 13.0 Å². The van der Waals surface area contributed by atoms with Gasteiger partial charge >= 0.3 is 5.97 Å². The minimum absolute atomic E-state index is 0.170. The number of carboxylic acid groups (broad SMARTS) is 1. The molecule has 0 radical (unpaired) electrons. The number of rotatable bonds is 5. The van der Waals surface area contributed by atoms with Gasteiger partial charge in [-0.3, -0.25) is 9.59 Å². The molecule has 0 aliphatic carbocycles. The Morgan fingerprint density at radius 1 is 1.41 bits per heavy atom. The first-order valence-electron chi connectivity index (χ1n) is 4.91. The molecule has 0 aromatic heterocycles. The lowest BCUT2D eigenvalue weighted by Gasteiger charge is -2.05. The molecule has 1 aromatic carbocycles. The molecule has 1 amide bonds. The van der Waals surface area contributed by atoms with Crippen molar-refractivity contribution in [3.05, 3.63) is 34.6 Å². The molecule has 2 N–H and O–H groups in total. The van der Waals surface area contributed by atoms with Gasteiger partial charge in [0.1, 0.15) is 12.2 Å². The van der Waals surface area contributed by atoms with E-state index in [1.807, 2.05) is 0 Å². The van der Waals surface area contributed by atoms with Gasteiger partial charge in [-0.05, 0) is 30.2 Å². The highest BCUT2D eigenvalue weighted by atomic mass is 35.5. The van der Waals surface area contributed by atoms with E-state index in [1.165, 1.54) is 18.2 Å². The fraction of sp³-hybridized carbons (Fsp3) is 0.273. The van der Waals surface area contributed by atoms with Gasteiger partial charge in [-0.15, -0.1) is 0 Å². The molecule has 0 heterocycles. The molecule has 1 rings (SSSR count). The van der Waals surface area contributed by atoms with Gasteiger partial charge in [0.05, 0.1) is 0 Å². The van der Waals surface area contributed by atoms with Crippen LogP contribution >= 0.6 is 11.6 Å². The zero-order valence-electron chi connectivity index (χ0n) is 8.87.